The fourth-order valence-corrected chi connectivity index (χ4v) is 6.42. The molecule has 38 heavy (non-hydrogen) atoms. The molecule has 6 rings (SSSR count). The van der Waals surface area contributed by atoms with Crippen molar-refractivity contribution >= 4 is 24.9 Å². The van der Waals surface area contributed by atoms with E-state index >= 15 is 0 Å². The van der Waals surface area contributed by atoms with E-state index in [0.29, 0.717) is 39.4 Å². The van der Waals surface area contributed by atoms with Gasteiger partial charge in [0, 0.05) is 32.7 Å². The molecule has 1 saturated carbocycles. The molecule has 0 aromatic carbocycles. The Morgan fingerprint density at radius 2 is 1.97 bits per heavy atom. The van der Waals surface area contributed by atoms with Crippen LogP contribution < -0.4 is 4.90 Å². The number of hydrogen-bond donors (Lipinski definition) is 1. The fraction of sp³-hybridized carbons (Fsp3) is 0.667. The van der Waals surface area contributed by atoms with Gasteiger partial charge in [-0.25, -0.2) is 9.67 Å². The average molecular weight is 541 g/mol. The van der Waals surface area contributed by atoms with Gasteiger partial charge >= 0.3 is 0 Å². The van der Waals surface area contributed by atoms with Gasteiger partial charge in [0.2, 0.25) is 0 Å². The Kier molecular flexibility index (Phi) is 6.62. The van der Waals surface area contributed by atoms with Crippen molar-refractivity contribution in [2.75, 3.05) is 37.9 Å². The summed E-state index contributed by atoms with van der Waals surface area (Å²) >= 11 is 0. The maximum atomic E-state index is 12.0. The molecule has 0 unspecified atom stereocenters. The molecule has 3 aromatic heterocycles. The first-order valence-corrected chi connectivity index (χ1v) is 17.6. The van der Waals surface area contributed by atoms with Crippen LogP contribution in [-0.4, -0.2) is 82.3 Å². The van der Waals surface area contributed by atoms with Gasteiger partial charge in [-0.05, 0) is 50.3 Å². The molecule has 3 fully saturated rings. The Labute approximate surface area is 224 Å². The summed E-state index contributed by atoms with van der Waals surface area (Å²) in [6.45, 7) is 13.1. The Balaban J connectivity index is 1.37. The second kappa shape index (κ2) is 9.70. The van der Waals surface area contributed by atoms with Gasteiger partial charge in [0.25, 0.3) is 0 Å². The van der Waals surface area contributed by atoms with E-state index in [2.05, 4.69) is 42.6 Å². The second-order valence-corrected chi connectivity index (χ2v) is 18.1. The number of pyridine rings is 1. The van der Waals surface area contributed by atoms with E-state index in [0.717, 1.165) is 60.3 Å². The van der Waals surface area contributed by atoms with Gasteiger partial charge in [0.05, 0.1) is 49.5 Å². The monoisotopic (exact) mass is 540 g/mol. The maximum absolute atomic E-state index is 12.0. The number of aromatic nitrogens is 5. The van der Waals surface area contributed by atoms with Crippen LogP contribution in [0.15, 0.2) is 24.5 Å². The molecule has 1 spiro atoms. The molecule has 5 heterocycles. The topological polar surface area (TPSA) is 103 Å². The lowest BCUT2D eigenvalue weighted by Crippen LogP contribution is -2.44. The van der Waals surface area contributed by atoms with E-state index in [-0.39, 0.29) is 11.6 Å². The molecule has 1 aliphatic carbocycles. The first kappa shape index (κ1) is 25.9. The van der Waals surface area contributed by atoms with Gasteiger partial charge in [0.15, 0.2) is 11.5 Å². The number of morpholine rings is 1. The highest BCUT2D eigenvalue weighted by molar-refractivity contribution is 6.76. The molecule has 1 atom stereocenters. The van der Waals surface area contributed by atoms with Crippen LogP contribution >= 0.6 is 0 Å². The minimum Gasteiger partial charge on any atom is -0.385 e. The molecule has 0 radical (unpaired) electrons. The lowest BCUT2D eigenvalue weighted by molar-refractivity contribution is -0.0193. The van der Waals surface area contributed by atoms with E-state index in [1.165, 1.54) is 0 Å². The van der Waals surface area contributed by atoms with E-state index in [1.807, 2.05) is 21.6 Å². The molecule has 0 amide bonds. The number of hydrogen-bond acceptors (Lipinski definition) is 8. The Morgan fingerprint density at radius 3 is 2.68 bits per heavy atom. The normalized spacial score (nSPS) is 27.9. The van der Waals surface area contributed by atoms with E-state index in [1.54, 1.807) is 6.20 Å². The minimum absolute atomic E-state index is 0.00785. The van der Waals surface area contributed by atoms with Crippen LogP contribution in [0.2, 0.25) is 25.7 Å². The van der Waals surface area contributed by atoms with Crippen LogP contribution in [0.3, 0.4) is 0 Å². The van der Waals surface area contributed by atoms with E-state index < -0.39 is 13.7 Å². The first-order valence-electron chi connectivity index (χ1n) is 13.9. The second-order valence-electron chi connectivity index (χ2n) is 12.5. The number of epoxide rings is 1. The first-order chi connectivity index (χ1) is 18.2. The number of ether oxygens (including phenoxy) is 3. The van der Waals surface area contributed by atoms with E-state index in [4.69, 9.17) is 24.3 Å². The summed E-state index contributed by atoms with van der Waals surface area (Å²) in [4.78, 5) is 7.40. The molecule has 3 aliphatic rings. The lowest BCUT2D eigenvalue weighted by Gasteiger charge is -2.38. The molecule has 10 nitrogen and oxygen atoms in total. The fourth-order valence-electron chi connectivity index (χ4n) is 5.67. The van der Waals surface area contributed by atoms with Crippen LogP contribution in [0.4, 0.5) is 5.82 Å². The van der Waals surface area contributed by atoms with Crippen molar-refractivity contribution in [1.82, 2.24) is 24.5 Å². The molecule has 3 aromatic rings. The van der Waals surface area contributed by atoms with Gasteiger partial charge in [-0.3, -0.25) is 0 Å². The molecule has 11 heteroatoms. The number of fused-ring (bicyclic) bond motifs is 1. The highest BCUT2D eigenvalue weighted by atomic mass is 28.3. The number of aliphatic hydroxyl groups is 1. The quantitative estimate of drug-likeness (QED) is 0.262. The van der Waals surface area contributed by atoms with Gasteiger partial charge in [-0.15, -0.1) is 0 Å². The maximum Gasteiger partial charge on any atom is 0.167 e. The van der Waals surface area contributed by atoms with Crippen LogP contribution in [0.25, 0.3) is 16.9 Å². The van der Waals surface area contributed by atoms with Crippen molar-refractivity contribution in [3.63, 3.8) is 0 Å². The molecule has 2 saturated heterocycles. The zero-order valence-corrected chi connectivity index (χ0v) is 24.0. The van der Waals surface area contributed by atoms with Gasteiger partial charge < -0.3 is 24.2 Å². The van der Waals surface area contributed by atoms with Crippen LogP contribution in [-0.2, 0) is 26.5 Å². The van der Waals surface area contributed by atoms with Crippen molar-refractivity contribution in [2.24, 2.45) is 0 Å². The van der Waals surface area contributed by atoms with Crippen LogP contribution in [0.1, 0.15) is 38.2 Å². The predicted octanol–water partition coefficient (Wildman–Crippen LogP) is 3.69. The Hall–Kier alpha value is -2.31. The zero-order valence-electron chi connectivity index (χ0n) is 23.0. The SMILES string of the molecule is C[C@@H]1COCCN1c1cc(C2(O)CCC3(CC2)CO3)c2cnn(-c3ccnn3COCC[Si](C)(C)C)c2n1. The Morgan fingerprint density at radius 1 is 1.18 bits per heavy atom. The number of nitrogens with zero attached hydrogens (tertiary/aromatic N) is 6. The molecular weight excluding hydrogens is 500 g/mol. The lowest BCUT2D eigenvalue weighted by atomic mass is 9.74. The average Bonchev–Trinajstić information content (AvgIpc) is 3.28. The van der Waals surface area contributed by atoms with Crippen molar-refractivity contribution < 1.29 is 19.3 Å². The van der Waals surface area contributed by atoms with Crippen molar-refractivity contribution in [1.29, 1.82) is 0 Å². The Bertz CT molecular complexity index is 1290. The summed E-state index contributed by atoms with van der Waals surface area (Å²) in [5, 5.41) is 22.1. The third-order valence-electron chi connectivity index (χ3n) is 8.35. The molecular formula is C27H40N6O4Si. The molecule has 1 N–H and O–H groups in total. The molecule has 2 aliphatic heterocycles. The van der Waals surface area contributed by atoms with Gasteiger partial charge in [0.1, 0.15) is 12.5 Å². The predicted molar refractivity (Wildman–Crippen MR) is 147 cm³/mol. The van der Waals surface area contributed by atoms with Gasteiger partial charge in [-0.2, -0.15) is 14.9 Å². The third kappa shape index (κ3) is 5.02. The van der Waals surface area contributed by atoms with E-state index in [9.17, 15) is 5.11 Å². The number of anilines is 1. The summed E-state index contributed by atoms with van der Waals surface area (Å²) in [6.07, 6.45) is 6.67. The summed E-state index contributed by atoms with van der Waals surface area (Å²) in [7, 11) is -1.17. The number of rotatable bonds is 8. The smallest absolute Gasteiger partial charge is 0.167 e. The highest BCUT2D eigenvalue weighted by Gasteiger charge is 2.51. The largest absolute Gasteiger partial charge is 0.385 e. The molecule has 0 bridgehead atoms. The van der Waals surface area contributed by atoms with Crippen LogP contribution in [0.5, 0.6) is 0 Å². The third-order valence-corrected chi connectivity index (χ3v) is 10.1. The standard InChI is InChI=1S/C27H40N6O4Si/c1-20-17-35-12-11-31(20)23-15-22(27(34)8-6-26(7-9-27)18-37-26)21-16-29-33(25(21)30-23)24-5-10-28-32(24)19-36-13-14-38(2,3)4/h5,10,15-16,20,34H,6-9,11-14,17-19H2,1-4H3/t20-,26?,27?/m1/s1. The van der Waals surface area contributed by atoms with Crippen molar-refractivity contribution in [3.8, 4) is 5.82 Å². The summed E-state index contributed by atoms with van der Waals surface area (Å²) in [6, 6.07) is 5.31. The van der Waals surface area contributed by atoms with Crippen LogP contribution in [0, 0.1) is 0 Å². The highest BCUT2D eigenvalue weighted by Crippen LogP contribution is 2.50. The van der Waals surface area contributed by atoms with Crippen molar-refractivity contribution in [3.05, 3.63) is 30.1 Å². The van der Waals surface area contributed by atoms with Gasteiger partial charge in [-0.1, -0.05) is 19.6 Å². The summed E-state index contributed by atoms with van der Waals surface area (Å²) < 4.78 is 21.1. The molecule has 206 valence electrons. The summed E-state index contributed by atoms with van der Waals surface area (Å²) in [5.41, 5.74) is 0.662. The van der Waals surface area contributed by atoms with Crippen molar-refractivity contribution in [2.45, 2.75) is 82.3 Å². The summed E-state index contributed by atoms with van der Waals surface area (Å²) in [5.74, 6) is 1.64. The minimum atomic E-state index is -1.17. The zero-order chi connectivity index (χ0) is 26.5.